The molecule has 1 aliphatic rings. The molecule has 0 spiro atoms. The molecule has 212 valence electrons. The molecule has 40 heavy (non-hydrogen) atoms. The molecule has 1 heterocycles. The van der Waals surface area contributed by atoms with Crippen molar-refractivity contribution in [3.63, 3.8) is 0 Å². The number of carbonyl (C=O) groups is 2. The second kappa shape index (κ2) is 16.4. The van der Waals surface area contributed by atoms with E-state index in [4.69, 9.17) is 43.2 Å². The monoisotopic (exact) mass is 940 g/mol. The number of ether oxygens (including phenoxy) is 8. The molecule has 1 aliphatic heterocycles. The van der Waals surface area contributed by atoms with Crippen LogP contribution in [0.2, 0.25) is 7.86 Å². The van der Waals surface area contributed by atoms with Crippen molar-refractivity contribution in [1.82, 2.24) is 0 Å². The molecule has 12 nitrogen and oxygen atoms in total. The van der Waals surface area contributed by atoms with Gasteiger partial charge in [-0.05, 0) is 0 Å². The van der Waals surface area contributed by atoms with E-state index in [2.05, 4.69) is 0 Å². The van der Waals surface area contributed by atoms with Gasteiger partial charge < -0.3 is 0 Å². The Morgan fingerprint density at radius 3 is 1.20 bits per heavy atom. The van der Waals surface area contributed by atoms with Gasteiger partial charge in [0.15, 0.2) is 0 Å². The van der Waals surface area contributed by atoms with Crippen molar-refractivity contribution in [2.24, 2.45) is 0 Å². The van der Waals surface area contributed by atoms with E-state index in [1.165, 1.54) is 42.7 Å². The number of rotatable bonds is 14. The molecule has 0 N–H and O–H groups in total. The number of hydrogen-bond acceptors (Lipinski definition) is 12. The van der Waals surface area contributed by atoms with E-state index in [1.54, 1.807) is 24.3 Å². The standard InChI is InChI=1S/2C10H12O5.C6H10O2.2Hg/c2*1-13-7-4-6(10(11)12)5-8(14-2)9(7)15-3;1-5-3-8-6(2)4-7-5;;/h2*4-5H,1-3H3,(H,11,12);5-6H,1-4H2;;/q;;;2*+1/p-2. The van der Waals surface area contributed by atoms with E-state index in [0.29, 0.717) is 66.7 Å². The minimum absolute atomic E-state index is 0.107. The molecule has 14 heteroatoms. The van der Waals surface area contributed by atoms with Crippen molar-refractivity contribution >= 4 is 11.9 Å². The van der Waals surface area contributed by atoms with Gasteiger partial charge in [0, 0.05) is 0 Å². The Hall–Kier alpha value is -2.03. The maximum atomic E-state index is 12.6. The molecule has 2 aromatic carbocycles. The van der Waals surface area contributed by atoms with Gasteiger partial charge in [-0.15, -0.1) is 0 Å². The zero-order chi connectivity index (χ0) is 29.1. The summed E-state index contributed by atoms with van der Waals surface area (Å²) in [5, 5.41) is 0. The van der Waals surface area contributed by atoms with E-state index in [0.717, 1.165) is 0 Å². The van der Waals surface area contributed by atoms with Gasteiger partial charge in [0.05, 0.1) is 0 Å². The normalized spacial score (nSPS) is 16.1. The molecule has 2 aromatic rings. The van der Waals surface area contributed by atoms with Crippen LogP contribution in [0.4, 0.5) is 0 Å². The van der Waals surface area contributed by atoms with Gasteiger partial charge in [0.2, 0.25) is 0 Å². The summed E-state index contributed by atoms with van der Waals surface area (Å²) in [5.74, 6) is 1.54. The van der Waals surface area contributed by atoms with Crippen LogP contribution in [0.5, 0.6) is 34.5 Å². The van der Waals surface area contributed by atoms with Crippen LogP contribution in [0.25, 0.3) is 0 Å². The molecule has 0 amide bonds. The zero-order valence-corrected chi connectivity index (χ0v) is 34.6. The Labute approximate surface area is 258 Å². The second-order valence-electron chi connectivity index (χ2n) is 8.59. The molecule has 0 saturated carbocycles. The first-order valence-electron chi connectivity index (χ1n) is 12.6. The SMILES string of the molecule is COc1cc(C(=O)[O][Hg][CH2]C2COC([CH2][Hg][O]C(=O)c3cc(OC)c(OC)c(OC)c3)CO2)cc(OC)c1OC. The summed E-state index contributed by atoms with van der Waals surface area (Å²) in [6.45, 7) is 0.835. The first-order chi connectivity index (χ1) is 19.4. The van der Waals surface area contributed by atoms with Crippen LogP contribution in [-0.2, 0) is 64.8 Å². The van der Waals surface area contributed by atoms with Crippen molar-refractivity contribution in [1.29, 1.82) is 0 Å². The fourth-order valence-corrected chi connectivity index (χ4v) is 12.3. The molecular formula is C26H32Hg2O12. The molecule has 2 atom stereocenters. The fourth-order valence-electron chi connectivity index (χ4n) is 4.05. The van der Waals surface area contributed by atoms with Crippen molar-refractivity contribution in [2.75, 3.05) is 55.9 Å². The van der Waals surface area contributed by atoms with E-state index in [9.17, 15) is 9.59 Å². The number of carbonyl (C=O) groups excluding carboxylic acids is 2. The van der Waals surface area contributed by atoms with Gasteiger partial charge in [-0.2, -0.15) is 0 Å². The summed E-state index contributed by atoms with van der Waals surface area (Å²) in [4.78, 5) is 25.2. The number of methoxy groups -OCH3 is 6. The average molecular weight is 938 g/mol. The fraction of sp³-hybridized carbons (Fsp3) is 0.462. The Bertz CT molecular complexity index is 1010. The van der Waals surface area contributed by atoms with Crippen molar-refractivity contribution in [3.8, 4) is 34.5 Å². The van der Waals surface area contributed by atoms with Crippen molar-refractivity contribution in [3.05, 3.63) is 35.4 Å². The maximum absolute atomic E-state index is 12.6. The summed E-state index contributed by atoms with van der Waals surface area (Å²) in [5.41, 5.74) is 0.675. The van der Waals surface area contributed by atoms with Gasteiger partial charge in [0.1, 0.15) is 0 Å². The van der Waals surface area contributed by atoms with Crippen LogP contribution >= 0.6 is 0 Å². The third kappa shape index (κ3) is 8.49. The van der Waals surface area contributed by atoms with Crippen LogP contribution in [0.15, 0.2) is 24.3 Å². The minimum atomic E-state index is -2.04. The first kappa shape index (κ1) is 32.5. The molecule has 1 fully saturated rings. The molecule has 0 aliphatic carbocycles. The first-order valence-corrected chi connectivity index (χ1v) is 24.8. The molecule has 2 unspecified atom stereocenters. The van der Waals surface area contributed by atoms with Crippen molar-refractivity contribution in [2.45, 2.75) is 20.1 Å². The van der Waals surface area contributed by atoms with Gasteiger partial charge in [-0.1, -0.05) is 0 Å². The molecule has 3 rings (SSSR count). The van der Waals surface area contributed by atoms with E-state index >= 15 is 0 Å². The molecular weight excluding hydrogens is 905 g/mol. The summed E-state index contributed by atoms with van der Waals surface area (Å²) >= 11 is -4.08. The number of benzene rings is 2. The Morgan fingerprint density at radius 1 is 0.625 bits per heavy atom. The molecule has 0 aromatic heterocycles. The van der Waals surface area contributed by atoms with E-state index in [1.807, 2.05) is 0 Å². The van der Waals surface area contributed by atoms with Gasteiger partial charge in [0.25, 0.3) is 0 Å². The predicted molar refractivity (Wildman–Crippen MR) is 132 cm³/mol. The quantitative estimate of drug-likeness (QED) is 0.258. The average Bonchev–Trinajstić information content (AvgIpc) is 2.99. The summed E-state index contributed by atoms with van der Waals surface area (Å²) in [7, 11) is 8.96. The molecule has 0 bridgehead atoms. The third-order valence-electron chi connectivity index (χ3n) is 6.18. The molecule has 1 saturated heterocycles. The summed E-state index contributed by atoms with van der Waals surface area (Å²) < 4.78 is 56.3. The van der Waals surface area contributed by atoms with Crippen molar-refractivity contribution < 1.29 is 103 Å². The van der Waals surface area contributed by atoms with Gasteiger partial charge in [-0.3, -0.25) is 0 Å². The third-order valence-corrected chi connectivity index (χ3v) is 16.6. The van der Waals surface area contributed by atoms with E-state index < -0.39 is 62.0 Å². The van der Waals surface area contributed by atoms with Crippen LogP contribution < -0.4 is 28.4 Å². The van der Waals surface area contributed by atoms with Gasteiger partial charge in [-0.25, -0.2) is 0 Å². The molecule has 0 radical (unpaired) electrons. The van der Waals surface area contributed by atoms with Crippen LogP contribution in [-0.4, -0.2) is 80.0 Å². The second-order valence-corrected chi connectivity index (χ2v) is 18.5. The van der Waals surface area contributed by atoms with E-state index in [-0.39, 0.29) is 12.2 Å². The summed E-state index contributed by atoms with van der Waals surface area (Å²) in [6.07, 6.45) is -0.215. The Balaban J connectivity index is 1.40. The predicted octanol–water partition coefficient (Wildman–Crippen LogP) is 3.37. The Morgan fingerprint density at radius 2 is 0.950 bits per heavy atom. The summed E-state index contributed by atoms with van der Waals surface area (Å²) in [6, 6.07) is 6.29. The van der Waals surface area contributed by atoms with Crippen LogP contribution in [0.3, 0.4) is 0 Å². The van der Waals surface area contributed by atoms with Crippen LogP contribution in [0.1, 0.15) is 20.7 Å². The Kier molecular flexibility index (Phi) is 13.3. The van der Waals surface area contributed by atoms with Crippen LogP contribution in [0, 0.1) is 0 Å². The topological polar surface area (TPSA) is 126 Å². The van der Waals surface area contributed by atoms with Gasteiger partial charge >= 0.3 is 261 Å². The zero-order valence-electron chi connectivity index (χ0n) is 23.6. The number of hydrogen-bond donors (Lipinski definition) is 0.